The predicted molar refractivity (Wildman–Crippen MR) is 83.4 cm³/mol. The molecule has 1 N–H and O–H groups in total. The van der Waals surface area contributed by atoms with Gasteiger partial charge in [-0.3, -0.25) is 0 Å². The third-order valence-corrected chi connectivity index (χ3v) is 5.30. The molecular formula is C16H25N3O3. The Morgan fingerprint density at radius 2 is 1.95 bits per heavy atom. The van der Waals surface area contributed by atoms with Crippen LogP contribution in [0.15, 0.2) is 6.07 Å². The van der Waals surface area contributed by atoms with Gasteiger partial charge in [0.15, 0.2) is 0 Å². The van der Waals surface area contributed by atoms with Crippen LogP contribution in [0.25, 0.3) is 0 Å². The summed E-state index contributed by atoms with van der Waals surface area (Å²) in [4.78, 5) is 11.0. The molecule has 6 nitrogen and oxygen atoms in total. The van der Waals surface area contributed by atoms with Crippen molar-refractivity contribution in [2.24, 2.45) is 11.8 Å². The van der Waals surface area contributed by atoms with Crippen LogP contribution >= 0.6 is 0 Å². The SMILES string of the molecule is CC[C@@]1(O)CCC[C@@H]2CN(c3nc(OC)cc(OC)n3)C[C@@H]21. The van der Waals surface area contributed by atoms with Crippen LogP contribution in [0.1, 0.15) is 32.6 Å². The summed E-state index contributed by atoms with van der Waals surface area (Å²) >= 11 is 0. The topological polar surface area (TPSA) is 67.7 Å². The summed E-state index contributed by atoms with van der Waals surface area (Å²) in [5.74, 6) is 2.44. The zero-order valence-electron chi connectivity index (χ0n) is 13.6. The van der Waals surface area contributed by atoms with Gasteiger partial charge in [0.1, 0.15) is 0 Å². The summed E-state index contributed by atoms with van der Waals surface area (Å²) in [6, 6.07) is 1.68. The zero-order chi connectivity index (χ0) is 15.7. The molecule has 1 aliphatic heterocycles. The molecule has 1 aliphatic carbocycles. The lowest BCUT2D eigenvalue weighted by Crippen LogP contribution is -2.44. The van der Waals surface area contributed by atoms with Crippen molar-refractivity contribution in [2.45, 2.75) is 38.2 Å². The minimum absolute atomic E-state index is 0.298. The lowest BCUT2D eigenvalue weighted by molar-refractivity contribution is -0.0597. The number of anilines is 1. The number of rotatable bonds is 4. The Labute approximate surface area is 131 Å². The van der Waals surface area contributed by atoms with Crippen molar-refractivity contribution in [1.82, 2.24) is 9.97 Å². The first-order chi connectivity index (χ1) is 10.6. The van der Waals surface area contributed by atoms with Crippen LogP contribution in [-0.4, -0.2) is 48.0 Å². The average molecular weight is 307 g/mol. The Morgan fingerprint density at radius 3 is 2.55 bits per heavy atom. The molecule has 0 unspecified atom stereocenters. The van der Waals surface area contributed by atoms with Crippen molar-refractivity contribution in [3.63, 3.8) is 0 Å². The number of nitrogens with zero attached hydrogens (tertiary/aromatic N) is 3. The van der Waals surface area contributed by atoms with E-state index >= 15 is 0 Å². The molecule has 0 radical (unpaired) electrons. The Morgan fingerprint density at radius 1 is 1.27 bits per heavy atom. The molecule has 6 heteroatoms. The number of methoxy groups -OCH3 is 2. The molecule has 2 aliphatic rings. The van der Waals surface area contributed by atoms with Crippen molar-refractivity contribution >= 4 is 5.95 Å². The van der Waals surface area contributed by atoms with E-state index in [-0.39, 0.29) is 0 Å². The molecule has 2 heterocycles. The van der Waals surface area contributed by atoms with E-state index in [1.807, 2.05) is 0 Å². The number of ether oxygens (including phenoxy) is 2. The highest BCUT2D eigenvalue weighted by Gasteiger charge is 2.48. The van der Waals surface area contributed by atoms with Gasteiger partial charge >= 0.3 is 0 Å². The van der Waals surface area contributed by atoms with Crippen LogP contribution in [0.5, 0.6) is 11.8 Å². The second-order valence-electron chi connectivity index (χ2n) is 6.37. The summed E-state index contributed by atoms with van der Waals surface area (Å²) in [5, 5.41) is 10.9. The van der Waals surface area contributed by atoms with Crippen LogP contribution in [0.3, 0.4) is 0 Å². The van der Waals surface area contributed by atoms with E-state index in [0.717, 1.165) is 32.4 Å². The van der Waals surface area contributed by atoms with E-state index in [0.29, 0.717) is 29.5 Å². The Bertz CT molecular complexity index is 517. The van der Waals surface area contributed by atoms with Crippen molar-refractivity contribution in [1.29, 1.82) is 0 Å². The maximum absolute atomic E-state index is 10.9. The third-order valence-electron chi connectivity index (χ3n) is 5.30. The monoisotopic (exact) mass is 307 g/mol. The second kappa shape index (κ2) is 5.91. The minimum Gasteiger partial charge on any atom is -0.481 e. The first kappa shape index (κ1) is 15.3. The normalized spacial score (nSPS) is 31.0. The maximum atomic E-state index is 10.9. The number of fused-ring (bicyclic) bond motifs is 1. The fourth-order valence-corrected chi connectivity index (χ4v) is 3.97. The van der Waals surface area contributed by atoms with E-state index in [1.54, 1.807) is 20.3 Å². The molecular weight excluding hydrogens is 282 g/mol. The summed E-state index contributed by atoms with van der Waals surface area (Å²) in [7, 11) is 3.18. The van der Waals surface area contributed by atoms with Crippen LogP contribution in [0.4, 0.5) is 5.95 Å². The standard InChI is InChI=1S/C16H25N3O3/c1-4-16(20)7-5-6-11-9-19(10-12(11)16)15-17-13(21-2)8-14(18-15)22-3/h8,11-12,20H,4-7,9-10H2,1-3H3/t11-,12+,16-/m1/s1. The van der Waals surface area contributed by atoms with Crippen molar-refractivity contribution in [3.8, 4) is 11.8 Å². The lowest BCUT2D eigenvalue weighted by atomic mass is 9.69. The lowest BCUT2D eigenvalue weighted by Gasteiger charge is -2.40. The molecule has 0 bridgehead atoms. The maximum Gasteiger partial charge on any atom is 0.231 e. The molecule has 1 aromatic rings. The summed E-state index contributed by atoms with van der Waals surface area (Å²) in [5.41, 5.74) is -0.541. The van der Waals surface area contributed by atoms with Crippen LogP contribution < -0.4 is 14.4 Å². The van der Waals surface area contributed by atoms with Gasteiger partial charge < -0.3 is 19.5 Å². The molecule has 0 spiro atoms. The molecule has 3 rings (SSSR count). The molecule has 122 valence electrons. The molecule has 1 saturated carbocycles. The fraction of sp³-hybridized carbons (Fsp3) is 0.750. The van der Waals surface area contributed by atoms with Gasteiger partial charge in [-0.15, -0.1) is 0 Å². The second-order valence-corrected chi connectivity index (χ2v) is 6.37. The van der Waals surface area contributed by atoms with Gasteiger partial charge in [-0.2, -0.15) is 9.97 Å². The summed E-state index contributed by atoms with van der Waals surface area (Å²) < 4.78 is 10.5. The van der Waals surface area contributed by atoms with Crippen molar-refractivity contribution in [3.05, 3.63) is 6.07 Å². The zero-order valence-corrected chi connectivity index (χ0v) is 13.6. The highest BCUT2D eigenvalue weighted by atomic mass is 16.5. The van der Waals surface area contributed by atoms with Gasteiger partial charge in [0, 0.05) is 19.0 Å². The van der Waals surface area contributed by atoms with E-state index < -0.39 is 5.60 Å². The van der Waals surface area contributed by atoms with Crippen LogP contribution in [-0.2, 0) is 0 Å². The molecule has 1 aromatic heterocycles. The van der Waals surface area contributed by atoms with Crippen LogP contribution in [0.2, 0.25) is 0 Å². The number of aromatic nitrogens is 2. The predicted octanol–water partition coefficient (Wildman–Crippen LogP) is 1.87. The fourth-order valence-electron chi connectivity index (χ4n) is 3.97. The van der Waals surface area contributed by atoms with Gasteiger partial charge in [-0.1, -0.05) is 13.3 Å². The van der Waals surface area contributed by atoms with Gasteiger partial charge in [-0.05, 0) is 25.2 Å². The van der Waals surface area contributed by atoms with E-state index in [4.69, 9.17) is 9.47 Å². The largest absolute Gasteiger partial charge is 0.481 e. The highest BCUT2D eigenvalue weighted by molar-refractivity contribution is 5.39. The van der Waals surface area contributed by atoms with Crippen LogP contribution in [0, 0.1) is 11.8 Å². The van der Waals surface area contributed by atoms with Gasteiger partial charge in [-0.25, -0.2) is 0 Å². The molecule has 2 fully saturated rings. The van der Waals surface area contributed by atoms with E-state index in [2.05, 4.69) is 21.8 Å². The van der Waals surface area contributed by atoms with Gasteiger partial charge in [0.25, 0.3) is 0 Å². The molecule has 1 saturated heterocycles. The first-order valence-corrected chi connectivity index (χ1v) is 8.04. The average Bonchev–Trinajstić information content (AvgIpc) is 3.00. The first-order valence-electron chi connectivity index (χ1n) is 8.04. The smallest absolute Gasteiger partial charge is 0.231 e. The van der Waals surface area contributed by atoms with Crippen molar-refractivity contribution in [2.75, 3.05) is 32.2 Å². The Hall–Kier alpha value is -1.56. The number of hydrogen-bond acceptors (Lipinski definition) is 6. The Balaban J connectivity index is 1.85. The highest BCUT2D eigenvalue weighted by Crippen LogP contribution is 2.45. The molecule has 22 heavy (non-hydrogen) atoms. The third kappa shape index (κ3) is 2.60. The van der Waals surface area contributed by atoms with Gasteiger partial charge in [0.05, 0.1) is 25.9 Å². The minimum atomic E-state index is -0.541. The van der Waals surface area contributed by atoms with E-state index in [1.165, 1.54) is 6.42 Å². The summed E-state index contributed by atoms with van der Waals surface area (Å²) in [6.45, 7) is 3.77. The van der Waals surface area contributed by atoms with E-state index in [9.17, 15) is 5.11 Å². The molecule has 3 atom stereocenters. The number of hydrogen-bond donors (Lipinski definition) is 1. The number of aliphatic hydroxyl groups is 1. The van der Waals surface area contributed by atoms with Gasteiger partial charge in [0.2, 0.25) is 17.7 Å². The van der Waals surface area contributed by atoms with Crippen molar-refractivity contribution < 1.29 is 14.6 Å². The Kier molecular flexibility index (Phi) is 4.12. The molecule has 0 amide bonds. The summed E-state index contributed by atoms with van der Waals surface area (Å²) in [6.07, 6.45) is 3.98. The quantitative estimate of drug-likeness (QED) is 0.916. The molecule has 0 aromatic carbocycles.